The van der Waals surface area contributed by atoms with Gasteiger partial charge in [0, 0.05) is 10.9 Å². The highest BCUT2D eigenvalue weighted by molar-refractivity contribution is 5.85. The van der Waals surface area contributed by atoms with E-state index in [1.54, 1.807) is 0 Å². The third-order valence-electron chi connectivity index (χ3n) is 7.16. The van der Waals surface area contributed by atoms with Crippen molar-refractivity contribution < 1.29 is 4.39 Å². The van der Waals surface area contributed by atoms with Crippen LogP contribution in [-0.4, -0.2) is 0 Å². The van der Waals surface area contributed by atoms with E-state index in [1.807, 2.05) is 42.5 Å². The van der Waals surface area contributed by atoms with Crippen LogP contribution in [0.1, 0.15) is 92.9 Å². The van der Waals surface area contributed by atoms with Crippen LogP contribution >= 0.6 is 0 Å². The lowest BCUT2D eigenvalue weighted by Gasteiger charge is -2.29. The van der Waals surface area contributed by atoms with Crippen LogP contribution in [0.2, 0.25) is 0 Å². The molecule has 1 aliphatic rings. The SMILES string of the molecule is CCCCCCC1CCC(c2ccc3c(F)c(C#Cc4ccc(C)cc4)ccc3c2)CC1. The first-order valence-electron chi connectivity index (χ1n) is 12.4. The van der Waals surface area contributed by atoms with E-state index in [4.69, 9.17) is 0 Å². The zero-order valence-electron chi connectivity index (χ0n) is 19.6. The monoisotopic (exact) mass is 426 g/mol. The molecule has 0 aliphatic heterocycles. The topological polar surface area (TPSA) is 0 Å². The van der Waals surface area contributed by atoms with Crippen LogP contribution in [0.4, 0.5) is 4.39 Å². The van der Waals surface area contributed by atoms with Crippen LogP contribution in [0.15, 0.2) is 54.6 Å². The van der Waals surface area contributed by atoms with Gasteiger partial charge in [0.1, 0.15) is 5.82 Å². The van der Waals surface area contributed by atoms with Crippen LogP contribution in [-0.2, 0) is 0 Å². The molecule has 1 aliphatic carbocycles. The number of rotatable bonds is 6. The average Bonchev–Trinajstić information content (AvgIpc) is 2.83. The minimum Gasteiger partial charge on any atom is -0.205 e. The summed E-state index contributed by atoms with van der Waals surface area (Å²) in [4.78, 5) is 0. The average molecular weight is 427 g/mol. The molecule has 1 fully saturated rings. The number of hydrogen-bond acceptors (Lipinski definition) is 0. The molecule has 0 spiro atoms. The van der Waals surface area contributed by atoms with E-state index in [2.05, 4.69) is 37.8 Å². The van der Waals surface area contributed by atoms with E-state index in [-0.39, 0.29) is 5.82 Å². The summed E-state index contributed by atoms with van der Waals surface area (Å²) in [5.41, 5.74) is 3.95. The second kappa shape index (κ2) is 10.8. The highest BCUT2D eigenvalue weighted by atomic mass is 19.1. The molecule has 3 aromatic rings. The van der Waals surface area contributed by atoms with Gasteiger partial charge in [0.25, 0.3) is 0 Å². The van der Waals surface area contributed by atoms with Gasteiger partial charge in [-0.05, 0) is 73.6 Å². The number of fused-ring (bicyclic) bond motifs is 1. The molecule has 4 rings (SSSR count). The molecule has 32 heavy (non-hydrogen) atoms. The summed E-state index contributed by atoms with van der Waals surface area (Å²) in [6.07, 6.45) is 12.1. The van der Waals surface area contributed by atoms with Gasteiger partial charge in [-0.1, -0.05) is 92.8 Å². The van der Waals surface area contributed by atoms with E-state index >= 15 is 4.39 Å². The molecule has 0 heterocycles. The first-order valence-corrected chi connectivity index (χ1v) is 12.4. The van der Waals surface area contributed by atoms with Crippen LogP contribution in [0.25, 0.3) is 10.8 Å². The molecule has 0 N–H and O–H groups in total. The number of hydrogen-bond donors (Lipinski definition) is 0. The molecule has 0 bridgehead atoms. The van der Waals surface area contributed by atoms with Gasteiger partial charge in [0.15, 0.2) is 0 Å². The maximum absolute atomic E-state index is 15.1. The normalized spacial score (nSPS) is 18.3. The second-order valence-corrected chi connectivity index (χ2v) is 9.59. The van der Waals surface area contributed by atoms with Crippen molar-refractivity contribution in [3.63, 3.8) is 0 Å². The molecule has 0 nitrogen and oxygen atoms in total. The Labute approximate surface area is 193 Å². The van der Waals surface area contributed by atoms with Crippen molar-refractivity contribution in [1.82, 2.24) is 0 Å². The quantitative estimate of drug-likeness (QED) is 0.272. The van der Waals surface area contributed by atoms with Crippen LogP contribution in [0.5, 0.6) is 0 Å². The molecule has 3 aromatic carbocycles. The standard InChI is InChI=1S/C31H35F/c1-3-4-5-6-7-24-12-15-26(16-13-24)28-20-21-30-29(22-28)19-18-27(31(30)32)17-14-25-10-8-23(2)9-11-25/h8-11,18-22,24,26H,3-7,12-13,15-16H2,1-2H3. The molecule has 0 saturated heterocycles. The van der Waals surface area contributed by atoms with Crippen molar-refractivity contribution in [2.24, 2.45) is 5.92 Å². The van der Waals surface area contributed by atoms with Crippen LogP contribution < -0.4 is 0 Å². The lowest BCUT2D eigenvalue weighted by Crippen LogP contribution is -2.13. The zero-order chi connectivity index (χ0) is 22.3. The maximum atomic E-state index is 15.1. The summed E-state index contributed by atoms with van der Waals surface area (Å²) < 4.78 is 15.1. The number of aryl methyl sites for hydroxylation is 1. The van der Waals surface area contributed by atoms with Gasteiger partial charge in [-0.15, -0.1) is 0 Å². The Kier molecular flexibility index (Phi) is 7.64. The molecule has 0 aromatic heterocycles. The zero-order valence-corrected chi connectivity index (χ0v) is 19.6. The molecule has 1 saturated carbocycles. The summed E-state index contributed by atoms with van der Waals surface area (Å²) in [5, 5.41) is 1.66. The number of benzene rings is 3. The Morgan fingerprint density at radius 1 is 0.844 bits per heavy atom. The van der Waals surface area contributed by atoms with Crippen molar-refractivity contribution in [2.75, 3.05) is 0 Å². The van der Waals surface area contributed by atoms with Gasteiger partial charge in [-0.25, -0.2) is 4.39 Å². The number of halogens is 1. The van der Waals surface area contributed by atoms with Crippen molar-refractivity contribution in [3.05, 3.63) is 82.7 Å². The van der Waals surface area contributed by atoms with Gasteiger partial charge < -0.3 is 0 Å². The van der Waals surface area contributed by atoms with E-state index in [0.717, 1.165) is 16.9 Å². The minimum absolute atomic E-state index is 0.204. The molecular weight excluding hydrogens is 391 g/mol. The Morgan fingerprint density at radius 2 is 1.62 bits per heavy atom. The first-order chi connectivity index (χ1) is 15.6. The van der Waals surface area contributed by atoms with E-state index < -0.39 is 0 Å². The third-order valence-corrected chi connectivity index (χ3v) is 7.16. The molecule has 166 valence electrons. The predicted molar refractivity (Wildman–Crippen MR) is 135 cm³/mol. The summed E-state index contributed by atoms with van der Waals surface area (Å²) in [5.74, 6) is 7.44. The molecule has 0 amide bonds. The molecule has 1 heteroatoms. The fourth-order valence-corrected chi connectivity index (χ4v) is 5.08. The van der Waals surface area contributed by atoms with Gasteiger partial charge in [-0.2, -0.15) is 0 Å². The van der Waals surface area contributed by atoms with Gasteiger partial charge >= 0.3 is 0 Å². The molecule has 0 radical (unpaired) electrons. The van der Waals surface area contributed by atoms with Gasteiger partial charge in [0.2, 0.25) is 0 Å². The summed E-state index contributed by atoms with van der Waals surface area (Å²) in [6, 6.07) is 18.2. The maximum Gasteiger partial charge on any atom is 0.146 e. The Balaban J connectivity index is 1.43. The van der Waals surface area contributed by atoms with E-state index in [0.29, 0.717) is 16.9 Å². The van der Waals surface area contributed by atoms with Crippen molar-refractivity contribution in [2.45, 2.75) is 77.6 Å². The lowest BCUT2D eigenvalue weighted by atomic mass is 9.76. The third kappa shape index (κ3) is 5.60. The summed E-state index contributed by atoms with van der Waals surface area (Å²) >= 11 is 0. The van der Waals surface area contributed by atoms with Gasteiger partial charge in [0.05, 0.1) is 5.56 Å². The highest BCUT2D eigenvalue weighted by Crippen LogP contribution is 2.38. The Bertz CT molecular complexity index is 1090. The van der Waals surface area contributed by atoms with Crippen LogP contribution in [0.3, 0.4) is 0 Å². The fourth-order valence-electron chi connectivity index (χ4n) is 5.08. The largest absolute Gasteiger partial charge is 0.205 e. The van der Waals surface area contributed by atoms with Crippen molar-refractivity contribution >= 4 is 10.8 Å². The van der Waals surface area contributed by atoms with Crippen molar-refractivity contribution in [3.8, 4) is 11.8 Å². The lowest BCUT2D eigenvalue weighted by molar-refractivity contribution is 0.302. The molecule has 0 unspecified atom stereocenters. The molecule has 0 atom stereocenters. The van der Waals surface area contributed by atoms with Crippen LogP contribution in [0, 0.1) is 30.5 Å². The highest BCUT2D eigenvalue weighted by Gasteiger charge is 2.22. The second-order valence-electron chi connectivity index (χ2n) is 9.59. The summed E-state index contributed by atoms with van der Waals surface area (Å²) in [7, 11) is 0. The van der Waals surface area contributed by atoms with E-state index in [1.165, 1.54) is 68.9 Å². The van der Waals surface area contributed by atoms with Crippen molar-refractivity contribution in [1.29, 1.82) is 0 Å². The Hall–Kier alpha value is -2.59. The minimum atomic E-state index is -0.204. The van der Waals surface area contributed by atoms with E-state index in [9.17, 15) is 0 Å². The smallest absolute Gasteiger partial charge is 0.146 e. The fraction of sp³-hybridized carbons (Fsp3) is 0.419. The van der Waals surface area contributed by atoms with Gasteiger partial charge in [-0.3, -0.25) is 0 Å². The predicted octanol–water partition coefficient (Wildman–Crippen LogP) is 8.93. The number of unbranched alkanes of at least 4 members (excludes halogenated alkanes) is 3. The first kappa shape index (κ1) is 22.6. The Morgan fingerprint density at radius 3 is 2.38 bits per heavy atom. The summed E-state index contributed by atoms with van der Waals surface area (Å²) in [6.45, 7) is 4.33. The molecular formula is C31H35F.